The van der Waals surface area contributed by atoms with Crippen LogP contribution in [-0.4, -0.2) is 17.8 Å². The fourth-order valence-electron chi connectivity index (χ4n) is 3.56. The van der Waals surface area contributed by atoms with Crippen molar-refractivity contribution in [3.63, 3.8) is 0 Å². The lowest BCUT2D eigenvalue weighted by Gasteiger charge is -2.35. The van der Waals surface area contributed by atoms with Gasteiger partial charge in [0.05, 0.1) is 6.26 Å². The quantitative estimate of drug-likeness (QED) is 0.866. The Morgan fingerprint density at radius 3 is 3.00 bits per heavy atom. The Balaban J connectivity index is 1.69. The molecule has 2 N–H and O–H groups in total. The van der Waals surface area contributed by atoms with Crippen LogP contribution in [0.3, 0.4) is 0 Å². The van der Waals surface area contributed by atoms with E-state index in [1.807, 2.05) is 6.26 Å². The first kappa shape index (κ1) is 12.2. The Morgan fingerprint density at radius 1 is 1.22 bits per heavy atom. The zero-order valence-corrected chi connectivity index (χ0v) is 10.9. The van der Waals surface area contributed by atoms with Crippen LogP contribution in [0.5, 0.6) is 0 Å². The minimum absolute atomic E-state index is 0.322. The van der Waals surface area contributed by atoms with Gasteiger partial charge in [0.25, 0.3) is 0 Å². The highest BCUT2D eigenvalue weighted by molar-refractivity contribution is 5.24. The van der Waals surface area contributed by atoms with Crippen LogP contribution >= 0.6 is 0 Å². The van der Waals surface area contributed by atoms with Crippen LogP contribution in [0, 0.1) is 5.92 Å². The van der Waals surface area contributed by atoms with Crippen molar-refractivity contribution in [3.05, 3.63) is 23.7 Å². The van der Waals surface area contributed by atoms with Crippen molar-refractivity contribution >= 4 is 0 Å². The summed E-state index contributed by atoms with van der Waals surface area (Å²) in [5, 5.41) is 13.3. The number of fused-ring (bicyclic) bond motifs is 1. The van der Waals surface area contributed by atoms with Gasteiger partial charge in [-0.1, -0.05) is 12.8 Å². The van der Waals surface area contributed by atoms with Crippen molar-refractivity contribution in [3.8, 4) is 0 Å². The summed E-state index contributed by atoms with van der Waals surface area (Å²) < 4.78 is 5.54. The molecule has 0 aromatic carbocycles. The van der Waals surface area contributed by atoms with Gasteiger partial charge in [-0.05, 0) is 37.7 Å². The first-order valence-corrected chi connectivity index (χ1v) is 7.31. The van der Waals surface area contributed by atoms with E-state index in [1.165, 1.54) is 44.1 Å². The lowest BCUT2D eigenvalue weighted by Crippen LogP contribution is -2.42. The third kappa shape index (κ3) is 2.34. The number of nitrogens with one attached hydrogen (secondary N) is 1. The number of furan rings is 1. The van der Waals surface area contributed by atoms with Gasteiger partial charge in [0.15, 0.2) is 0 Å². The lowest BCUT2D eigenvalue weighted by molar-refractivity contribution is 0.143. The average Bonchev–Trinajstić information content (AvgIpc) is 2.89. The number of hydrogen-bond acceptors (Lipinski definition) is 3. The number of aliphatic hydroxyl groups is 1. The van der Waals surface area contributed by atoms with Crippen LogP contribution < -0.4 is 5.32 Å². The summed E-state index contributed by atoms with van der Waals surface area (Å²) >= 11 is 0. The van der Waals surface area contributed by atoms with Crippen molar-refractivity contribution in [1.29, 1.82) is 0 Å². The van der Waals surface area contributed by atoms with Crippen molar-refractivity contribution < 1.29 is 9.52 Å². The summed E-state index contributed by atoms with van der Waals surface area (Å²) in [5.41, 5.74) is 1.35. The van der Waals surface area contributed by atoms with Gasteiger partial charge in [0, 0.05) is 30.7 Å². The maximum atomic E-state index is 9.49. The van der Waals surface area contributed by atoms with E-state index in [9.17, 15) is 5.11 Å². The van der Waals surface area contributed by atoms with E-state index in [0.29, 0.717) is 24.6 Å². The molecule has 3 rings (SSSR count). The average molecular weight is 249 g/mol. The molecule has 18 heavy (non-hydrogen) atoms. The Kier molecular flexibility index (Phi) is 3.71. The van der Waals surface area contributed by atoms with E-state index in [4.69, 9.17) is 4.42 Å². The van der Waals surface area contributed by atoms with Crippen LogP contribution in [0.25, 0.3) is 0 Å². The van der Waals surface area contributed by atoms with Gasteiger partial charge in [-0.25, -0.2) is 0 Å². The predicted molar refractivity (Wildman–Crippen MR) is 70.4 cm³/mol. The zero-order chi connectivity index (χ0) is 12.4. The van der Waals surface area contributed by atoms with Gasteiger partial charge in [0.2, 0.25) is 0 Å². The van der Waals surface area contributed by atoms with E-state index < -0.39 is 0 Å². The van der Waals surface area contributed by atoms with Gasteiger partial charge < -0.3 is 14.8 Å². The molecule has 0 bridgehead atoms. The van der Waals surface area contributed by atoms with Crippen LogP contribution in [0.2, 0.25) is 0 Å². The van der Waals surface area contributed by atoms with Gasteiger partial charge in [-0.2, -0.15) is 0 Å². The smallest absolute Gasteiger partial charge is 0.108 e. The second kappa shape index (κ2) is 5.45. The van der Waals surface area contributed by atoms with E-state index >= 15 is 0 Å². The number of aliphatic hydroxyl groups excluding tert-OH is 1. The van der Waals surface area contributed by atoms with E-state index in [-0.39, 0.29) is 0 Å². The normalized spacial score (nSPS) is 32.2. The fourth-order valence-corrected chi connectivity index (χ4v) is 3.56. The number of aryl methyl sites for hydroxylation is 1. The van der Waals surface area contributed by atoms with Crippen LogP contribution in [-0.2, 0) is 6.42 Å². The molecule has 0 aliphatic heterocycles. The Hall–Kier alpha value is -0.800. The molecule has 0 radical (unpaired) electrons. The fraction of sp³-hybridized carbons (Fsp3) is 0.733. The van der Waals surface area contributed by atoms with E-state index in [2.05, 4.69) is 11.4 Å². The molecule has 100 valence electrons. The highest BCUT2D eigenvalue weighted by Gasteiger charge is 2.29. The molecule has 2 aliphatic carbocycles. The molecule has 1 fully saturated rings. The molecule has 3 atom stereocenters. The molecule has 1 aromatic rings. The molecule has 0 amide bonds. The number of hydrogen-bond donors (Lipinski definition) is 2. The highest BCUT2D eigenvalue weighted by atomic mass is 16.3. The summed E-state index contributed by atoms with van der Waals surface area (Å²) in [4.78, 5) is 0. The van der Waals surface area contributed by atoms with Crippen molar-refractivity contribution in [2.45, 2.75) is 57.0 Å². The minimum Gasteiger partial charge on any atom is -0.469 e. The summed E-state index contributed by atoms with van der Waals surface area (Å²) in [5.74, 6) is 1.60. The first-order chi connectivity index (χ1) is 8.88. The molecule has 3 nitrogen and oxygen atoms in total. The van der Waals surface area contributed by atoms with Gasteiger partial charge in [0.1, 0.15) is 5.76 Å². The lowest BCUT2D eigenvalue weighted by atomic mass is 9.83. The molecule has 0 spiro atoms. The Bertz CT molecular complexity index is 388. The molecular weight excluding hydrogens is 226 g/mol. The number of rotatable bonds is 3. The van der Waals surface area contributed by atoms with E-state index in [0.717, 1.165) is 12.2 Å². The van der Waals surface area contributed by atoms with Crippen molar-refractivity contribution in [1.82, 2.24) is 5.32 Å². The van der Waals surface area contributed by atoms with E-state index in [1.54, 1.807) is 0 Å². The maximum Gasteiger partial charge on any atom is 0.108 e. The third-order valence-electron chi connectivity index (χ3n) is 4.61. The standard InChI is InChI=1S/C15H23NO2/c17-10-11-4-1-2-5-13(11)16-14-6-3-7-15-12(14)8-9-18-15/h8-9,11,13-14,16-17H,1-7,10H2. The molecule has 3 unspecified atom stereocenters. The molecular formula is C15H23NO2. The van der Waals surface area contributed by atoms with Crippen LogP contribution in [0.1, 0.15) is 55.9 Å². The summed E-state index contributed by atoms with van der Waals surface area (Å²) in [6.07, 6.45) is 10.2. The third-order valence-corrected chi connectivity index (χ3v) is 4.61. The van der Waals surface area contributed by atoms with Crippen LogP contribution in [0.4, 0.5) is 0 Å². The largest absolute Gasteiger partial charge is 0.469 e. The predicted octanol–water partition coefficient (Wildman–Crippen LogP) is 2.80. The zero-order valence-electron chi connectivity index (χ0n) is 10.9. The Labute approximate surface area is 109 Å². The van der Waals surface area contributed by atoms with Crippen LogP contribution in [0.15, 0.2) is 16.7 Å². The van der Waals surface area contributed by atoms with Gasteiger partial charge in [-0.15, -0.1) is 0 Å². The van der Waals surface area contributed by atoms with Crippen molar-refractivity contribution in [2.24, 2.45) is 5.92 Å². The first-order valence-electron chi connectivity index (χ1n) is 7.31. The summed E-state index contributed by atoms with van der Waals surface area (Å²) in [7, 11) is 0. The van der Waals surface area contributed by atoms with Crippen molar-refractivity contribution in [2.75, 3.05) is 6.61 Å². The van der Waals surface area contributed by atoms with Gasteiger partial charge in [-0.3, -0.25) is 0 Å². The Morgan fingerprint density at radius 2 is 2.11 bits per heavy atom. The highest BCUT2D eigenvalue weighted by Crippen LogP contribution is 2.33. The summed E-state index contributed by atoms with van der Waals surface area (Å²) in [6, 6.07) is 3.03. The van der Waals surface area contributed by atoms with Gasteiger partial charge >= 0.3 is 0 Å². The molecule has 1 aromatic heterocycles. The summed E-state index contributed by atoms with van der Waals surface area (Å²) in [6.45, 7) is 0.322. The maximum absolute atomic E-state index is 9.49. The SMILES string of the molecule is OCC1CCCCC1NC1CCCc2occc21. The second-order valence-corrected chi connectivity index (χ2v) is 5.74. The molecule has 1 saturated carbocycles. The molecule has 2 aliphatic rings. The molecule has 1 heterocycles. The molecule has 0 saturated heterocycles. The molecule has 3 heteroatoms. The topological polar surface area (TPSA) is 45.4 Å². The monoisotopic (exact) mass is 249 g/mol. The minimum atomic E-state index is 0.322. The second-order valence-electron chi connectivity index (χ2n) is 5.74.